The van der Waals surface area contributed by atoms with Crippen molar-refractivity contribution in [2.75, 3.05) is 19.5 Å². The number of cyclic esters (lactones) is 1. The number of hydrogen-bond donors (Lipinski definition) is 5. The van der Waals surface area contributed by atoms with Crippen LogP contribution in [0.1, 0.15) is 69.4 Å². The highest BCUT2D eigenvalue weighted by Crippen LogP contribution is 2.51. The topological polar surface area (TPSA) is 198 Å². The number of nitrogens with one attached hydrogen (secondary N) is 1. The van der Waals surface area contributed by atoms with Gasteiger partial charge in [0.2, 0.25) is 0 Å². The van der Waals surface area contributed by atoms with Crippen molar-refractivity contribution in [3.05, 3.63) is 71.2 Å². The van der Waals surface area contributed by atoms with Gasteiger partial charge in [0.15, 0.2) is 5.75 Å². The number of methoxy groups -OCH3 is 2. The summed E-state index contributed by atoms with van der Waals surface area (Å²) in [7, 11) is 2.77. The molecule has 8 atom stereocenters. The monoisotopic (exact) mass is 787 g/mol. The Morgan fingerprint density at radius 1 is 0.982 bits per heavy atom. The van der Waals surface area contributed by atoms with Crippen molar-refractivity contribution in [2.45, 2.75) is 86.2 Å². The summed E-state index contributed by atoms with van der Waals surface area (Å²) >= 11 is 0. The standard InChI is InChI=1S/C43H53N3O11/c1-11-27-14-12-13-21(3)36(48)23(5)37(49)24(6)40(57-26(8)47)22(4)28(54-9)16-18-56-43(53)32-30-31(38(50)25(7)41(32)55-10)39(51)34(45-42(27)52)35-33(30)44-29-19-20(2)15-17-46(29)35/h12-19,21-24,28,36-37,40,48-51H,11H2,1-10H3,(H,45,52)/b13-12+,18-16+,27-14?. The number of phenolic OH excluding ortho intramolecular Hbond substituents is 2. The first-order valence-corrected chi connectivity index (χ1v) is 19.0. The van der Waals surface area contributed by atoms with Crippen molar-refractivity contribution in [1.82, 2.24) is 9.38 Å². The van der Waals surface area contributed by atoms with Crippen LogP contribution in [0.3, 0.4) is 0 Å². The number of carbonyl (C=O) groups is 3. The first-order chi connectivity index (χ1) is 27.0. The molecule has 1 amide bonds. The number of hydrogen-bond acceptors (Lipinski definition) is 12. The molecule has 5 N–H and O–H groups in total. The van der Waals surface area contributed by atoms with Crippen molar-refractivity contribution < 1.29 is 53.8 Å². The van der Waals surface area contributed by atoms with E-state index in [0.29, 0.717) is 11.2 Å². The van der Waals surface area contributed by atoms with Crippen molar-refractivity contribution >= 4 is 51.0 Å². The highest BCUT2D eigenvalue weighted by molar-refractivity contribution is 6.26. The molecular formula is C43H53N3O11. The predicted octanol–water partition coefficient (Wildman–Crippen LogP) is 6.41. The molecule has 0 saturated heterocycles. The molecule has 2 aromatic heterocycles. The molecule has 4 aromatic rings. The predicted molar refractivity (Wildman–Crippen MR) is 215 cm³/mol. The number of ether oxygens (including phenoxy) is 4. The molecular weight excluding hydrogens is 734 g/mol. The highest BCUT2D eigenvalue weighted by atomic mass is 16.5. The largest absolute Gasteiger partial charge is 0.507 e. The molecule has 4 bridgehead atoms. The number of phenols is 2. The van der Waals surface area contributed by atoms with Crippen LogP contribution in [0.4, 0.5) is 5.69 Å². The first-order valence-electron chi connectivity index (χ1n) is 19.0. The summed E-state index contributed by atoms with van der Waals surface area (Å²) < 4.78 is 24.6. The van der Waals surface area contributed by atoms with Crippen LogP contribution in [0, 0.1) is 37.5 Å². The number of pyridine rings is 1. The number of aromatic nitrogens is 2. The molecule has 1 aliphatic rings. The quantitative estimate of drug-likeness (QED) is 0.113. The van der Waals surface area contributed by atoms with Gasteiger partial charge in [0.25, 0.3) is 5.91 Å². The van der Waals surface area contributed by atoms with Crippen LogP contribution in [-0.2, 0) is 23.8 Å². The SMILES string of the molecule is CCC1=C/C=C/C(C)C(O)C(C)C(O)C(C)C(OC(C)=O)C(C)C(OC)/C=C/OC(=O)c2c(OC)c(C)c(O)c3c(O)c(c4c(nc5cc(C)ccn54)c23)NC1=O. The lowest BCUT2D eigenvalue weighted by Gasteiger charge is -2.38. The Morgan fingerprint density at radius 2 is 1.68 bits per heavy atom. The molecule has 306 valence electrons. The fourth-order valence-electron chi connectivity index (χ4n) is 7.81. The maximum absolute atomic E-state index is 14.3. The molecule has 3 heterocycles. The van der Waals surface area contributed by atoms with Gasteiger partial charge in [-0.1, -0.05) is 52.8 Å². The lowest BCUT2D eigenvalue weighted by atomic mass is 9.78. The molecule has 5 rings (SSSR count). The van der Waals surface area contributed by atoms with Crippen LogP contribution in [0.5, 0.6) is 17.2 Å². The third-order valence-electron chi connectivity index (χ3n) is 11.1. The fraction of sp³-hybridized carbons (Fsp3) is 0.442. The van der Waals surface area contributed by atoms with Crippen molar-refractivity contribution in [3.63, 3.8) is 0 Å². The minimum Gasteiger partial charge on any atom is -0.507 e. The Hall–Kier alpha value is -5.44. The van der Waals surface area contributed by atoms with E-state index in [2.05, 4.69) is 5.32 Å². The van der Waals surface area contributed by atoms with Gasteiger partial charge in [0.1, 0.15) is 45.5 Å². The van der Waals surface area contributed by atoms with E-state index in [4.69, 9.17) is 23.9 Å². The van der Waals surface area contributed by atoms with Crippen LogP contribution in [0.15, 0.2) is 54.5 Å². The summed E-state index contributed by atoms with van der Waals surface area (Å²) in [5.74, 6) is -5.44. The zero-order valence-electron chi connectivity index (χ0n) is 34.0. The lowest BCUT2D eigenvalue weighted by molar-refractivity contribution is -0.160. The molecule has 2 aromatic carbocycles. The molecule has 0 fully saturated rings. The smallest absolute Gasteiger partial charge is 0.347 e. The number of anilines is 1. The van der Waals surface area contributed by atoms with E-state index in [1.54, 1.807) is 69.5 Å². The molecule has 0 aliphatic carbocycles. The first kappa shape index (κ1) is 42.7. The van der Waals surface area contributed by atoms with E-state index in [9.17, 15) is 34.8 Å². The van der Waals surface area contributed by atoms with E-state index in [0.717, 1.165) is 11.8 Å². The van der Waals surface area contributed by atoms with Gasteiger partial charge in [-0.15, -0.1) is 0 Å². The number of benzene rings is 2. The molecule has 0 saturated carbocycles. The third-order valence-corrected chi connectivity index (χ3v) is 11.1. The Balaban J connectivity index is 1.82. The minimum atomic E-state index is -1.12. The van der Waals surface area contributed by atoms with Crippen molar-refractivity contribution in [2.24, 2.45) is 23.7 Å². The van der Waals surface area contributed by atoms with Gasteiger partial charge in [-0.3, -0.25) is 14.0 Å². The Morgan fingerprint density at radius 3 is 2.32 bits per heavy atom. The molecule has 8 unspecified atom stereocenters. The van der Waals surface area contributed by atoms with Gasteiger partial charge < -0.3 is 44.7 Å². The van der Waals surface area contributed by atoms with E-state index in [-0.39, 0.29) is 50.8 Å². The number of aryl methyl sites for hydroxylation is 1. The maximum atomic E-state index is 14.3. The average Bonchev–Trinajstić information content (AvgIpc) is 3.55. The molecule has 0 radical (unpaired) electrons. The number of aliphatic hydroxyl groups is 2. The fourth-order valence-corrected chi connectivity index (χ4v) is 7.81. The molecule has 14 heteroatoms. The number of aliphatic hydroxyl groups excluding tert-OH is 2. The maximum Gasteiger partial charge on any atom is 0.347 e. The number of allylic oxidation sites excluding steroid dienone is 2. The molecule has 14 nitrogen and oxygen atoms in total. The number of esters is 2. The molecule has 1 aliphatic heterocycles. The summed E-state index contributed by atoms with van der Waals surface area (Å²) in [5, 5.41) is 49.3. The van der Waals surface area contributed by atoms with Gasteiger partial charge in [-0.2, -0.15) is 0 Å². The van der Waals surface area contributed by atoms with Gasteiger partial charge in [0.05, 0.1) is 37.1 Å². The molecule has 0 spiro atoms. The zero-order chi connectivity index (χ0) is 42.0. The lowest BCUT2D eigenvalue weighted by Crippen LogP contribution is -2.46. The van der Waals surface area contributed by atoms with Gasteiger partial charge in [-0.05, 0) is 44.0 Å². The number of nitrogens with zero attached hydrogens (tertiary/aromatic N) is 2. The van der Waals surface area contributed by atoms with Crippen LogP contribution in [0.2, 0.25) is 0 Å². The Kier molecular flexibility index (Phi) is 13.0. The van der Waals surface area contributed by atoms with E-state index in [1.165, 1.54) is 34.1 Å². The summed E-state index contributed by atoms with van der Waals surface area (Å²) in [6, 6.07) is 3.62. The van der Waals surface area contributed by atoms with Gasteiger partial charge in [0, 0.05) is 60.4 Å². The number of fused-ring (bicyclic) bond motifs is 5. The van der Waals surface area contributed by atoms with E-state index in [1.807, 2.05) is 13.0 Å². The zero-order valence-corrected chi connectivity index (χ0v) is 34.0. The number of imidazole rings is 1. The van der Waals surface area contributed by atoms with E-state index < -0.39 is 77.4 Å². The van der Waals surface area contributed by atoms with Crippen LogP contribution >= 0.6 is 0 Å². The number of rotatable bonds is 4. The van der Waals surface area contributed by atoms with E-state index >= 15 is 0 Å². The summed E-state index contributed by atoms with van der Waals surface area (Å²) in [4.78, 5) is 45.5. The highest BCUT2D eigenvalue weighted by Gasteiger charge is 2.39. The molecule has 57 heavy (non-hydrogen) atoms. The number of aromatic hydroxyl groups is 2. The normalized spacial score (nSPS) is 26.6. The second kappa shape index (κ2) is 17.4. The van der Waals surface area contributed by atoms with Crippen molar-refractivity contribution in [1.29, 1.82) is 0 Å². The number of amides is 1. The summed E-state index contributed by atoms with van der Waals surface area (Å²) in [6.45, 7) is 13.4. The summed E-state index contributed by atoms with van der Waals surface area (Å²) in [6.07, 6.45) is 5.71. The van der Waals surface area contributed by atoms with Crippen molar-refractivity contribution in [3.8, 4) is 17.2 Å². The average molecular weight is 788 g/mol. The van der Waals surface area contributed by atoms with Crippen LogP contribution in [-0.4, -0.2) is 86.3 Å². The third kappa shape index (κ3) is 8.07. The van der Waals surface area contributed by atoms with Crippen LogP contribution in [0.25, 0.3) is 27.5 Å². The summed E-state index contributed by atoms with van der Waals surface area (Å²) in [5.41, 5.74) is 1.93. The Labute approximate surface area is 331 Å². The second-order valence-electron chi connectivity index (χ2n) is 14.9. The number of carbonyl (C=O) groups excluding carboxylic acids is 3. The Bertz CT molecular complexity index is 2290. The second-order valence-corrected chi connectivity index (χ2v) is 14.9. The minimum absolute atomic E-state index is 0.0174. The van der Waals surface area contributed by atoms with Gasteiger partial charge in [-0.25, -0.2) is 9.78 Å². The van der Waals surface area contributed by atoms with Gasteiger partial charge >= 0.3 is 11.9 Å². The van der Waals surface area contributed by atoms with Crippen LogP contribution < -0.4 is 10.1 Å².